The SMILES string of the molecule is CCC(=O)c1c(F)cccc1C1CCCCC1. The van der Waals surface area contributed by atoms with Gasteiger partial charge in [-0.25, -0.2) is 4.39 Å². The number of hydrogen-bond acceptors (Lipinski definition) is 1. The van der Waals surface area contributed by atoms with E-state index in [0.717, 1.165) is 18.4 Å². The fourth-order valence-electron chi connectivity index (χ4n) is 2.77. The summed E-state index contributed by atoms with van der Waals surface area (Å²) in [6, 6.07) is 5.06. The smallest absolute Gasteiger partial charge is 0.165 e. The molecule has 1 fully saturated rings. The number of benzene rings is 1. The van der Waals surface area contributed by atoms with E-state index in [9.17, 15) is 9.18 Å². The Balaban J connectivity index is 2.38. The summed E-state index contributed by atoms with van der Waals surface area (Å²) >= 11 is 0. The molecular weight excluding hydrogens is 215 g/mol. The van der Waals surface area contributed by atoms with Crippen LogP contribution >= 0.6 is 0 Å². The molecule has 1 aliphatic carbocycles. The van der Waals surface area contributed by atoms with E-state index in [2.05, 4.69) is 0 Å². The number of carbonyl (C=O) groups excluding carboxylic acids is 1. The fourth-order valence-corrected chi connectivity index (χ4v) is 2.77. The second kappa shape index (κ2) is 5.44. The number of carbonyl (C=O) groups is 1. The number of halogens is 1. The van der Waals surface area contributed by atoms with Crippen LogP contribution in [0.4, 0.5) is 4.39 Å². The highest BCUT2D eigenvalue weighted by molar-refractivity contribution is 5.97. The quantitative estimate of drug-likeness (QED) is 0.705. The van der Waals surface area contributed by atoms with E-state index >= 15 is 0 Å². The summed E-state index contributed by atoms with van der Waals surface area (Å²) in [6.07, 6.45) is 6.21. The summed E-state index contributed by atoms with van der Waals surface area (Å²) in [5.41, 5.74) is 1.29. The summed E-state index contributed by atoms with van der Waals surface area (Å²) < 4.78 is 13.8. The van der Waals surface area contributed by atoms with Crippen LogP contribution in [0.15, 0.2) is 18.2 Å². The van der Waals surface area contributed by atoms with Crippen molar-refractivity contribution in [3.8, 4) is 0 Å². The molecule has 1 aromatic rings. The number of Topliss-reactive ketones (excluding diaryl/α,β-unsaturated/α-hetero) is 1. The molecule has 2 rings (SSSR count). The lowest BCUT2D eigenvalue weighted by Gasteiger charge is -2.24. The summed E-state index contributed by atoms with van der Waals surface area (Å²) in [6.45, 7) is 1.79. The van der Waals surface area contributed by atoms with Gasteiger partial charge in [-0.1, -0.05) is 38.3 Å². The molecule has 0 saturated heterocycles. The topological polar surface area (TPSA) is 17.1 Å². The first kappa shape index (κ1) is 12.3. The van der Waals surface area contributed by atoms with Crippen LogP contribution in [-0.2, 0) is 0 Å². The number of hydrogen-bond donors (Lipinski definition) is 0. The van der Waals surface area contributed by atoms with Crippen molar-refractivity contribution >= 4 is 5.78 Å². The normalized spacial score (nSPS) is 17.1. The Bertz CT molecular complexity index is 405. The Morgan fingerprint density at radius 3 is 2.65 bits per heavy atom. The van der Waals surface area contributed by atoms with Crippen molar-refractivity contribution in [3.05, 3.63) is 35.1 Å². The minimum Gasteiger partial charge on any atom is -0.294 e. The lowest BCUT2D eigenvalue weighted by molar-refractivity contribution is 0.0982. The Kier molecular flexibility index (Phi) is 3.93. The van der Waals surface area contributed by atoms with Crippen molar-refractivity contribution < 1.29 is 9.18 Å². The van der Waals surface area contributed by atoms with Gasteiger partial charge in [-0.15, -0.1) is 0 Å². The zero-order valence-electron chi connectivity index (χ0n) is 10.3. The van der Waals surface area contributed by atoms with Gasteiger partial charge in [0.1, 0.15) is 5.82 Å². The molecule has 0 N–H and O–H groups in total. The van der Waals surface area contributed by atoms with Crippen LogP contribution in [0.2, 0.25) is 0 Å². The molecule has 0 spiro atoms. The molecule has 2 heteroatoms. The van der Waals surface area contributed by atoms with Crippen LogP contribution < -0.4 is 0 Å². The maximum absolute atomic E-state index is 13.8. The number of ketones is 1. The van der Waals surface area contributed by atoms with Crippen LogP contribution in [0.5, 0.6) is 0 Å². The molecule has 1 saturated carbocycles. The third kappa shape index (κ3) is 2.56. The lowest BCUT2D eigenvalue weighted by Crippen LogP contribution is -2.12. The molecule has 1 aromatic carbocycles. The second-order valence-corrected chi connectivity index (χ2v) is 4.82. The molecule has 0 amide bonds. The van der Waals surface area contributed by atoms with Gasteiger partial charge in [0.25, 0.3) is 0 Å². The van der Waals surface area contributed by atoms with Gasteiger partial charge in [0.05, 0.1) is 5.56 Å². The van der Waals surface area contributed by atoms with Crippen LogP contribution in [0, 0.1) is 5.82 Å². The molecule has 0 radical (unpaired) electrons. The molecule has 1 nitrogen and oxygen atoms in total. The van der Waals surface area contributed by atoms with Crippen LogP contribution in [0.1, 0.15) is 67.3 Å². The highest BCUT2D eigenvalue weighted by Crippen LogP contribution is 2.35. The van der Waals surface area contributed by atoms with E-state index in [-0.39, 0.29) is 11.6 Å². The van der Waals surface area contributed by atoms with Crippen molar-refractivity contribution in [2.24, 2.45) is 0 Å². The lowest BCUT2D eigenvalue weighted by atomic mass is 9.81. The summed E-state index contributed by atoms with van der Waals surface area (Å²) in [5, 5.41) is 0. The van der Waals surface area contributed by atoms with Gasteiger partial charge in [-0.2, -0.15) is 0 Å². The first-order valence-electron chi connectivity index (χ1n) is 6.55. The molecule has 0 heterocycles. The van der Waals surface area contributed by atoms with E-state index in [1.54, 1.807) is 13.0 Å². The maximum Gasteiger partial charge on any atom is 0.165 e. The summed E-state index contributed by atoms with van der Waals surface area (Å²) in [7, 11) is 0. The predicted molar refractivity (Wildman–Crippen MR) is 66.8 cm³/mol. The highest BCUT2D eigenvalue weighted by Gasteiger charge is 2.23. The first-order chi connectivity index (χ1) is 8.24. The van der Waals surface area contributed by atoms with E-state index in [1.165, 1.54) is 25.3 Å². The van der Waals surface area contributed by atoms with Gasteiger partial charge in [-0.3, -0.25) is 4.79 Å². The molecule has 1 aliphatic rings. The van der Waals surface area contributed by atoms with Gasteiger partial charge in [0.2, 0.25) is 0 Å². The molecule has 0 atom stereocenters. The van der Waals surface area contributed by atoms with Gasteiger partial charge in [-0.05, 0) is 30.4 Å². The molecule has 0 aromatic heterocycles. The Hall–Kier alpha value is -1.18. The van der Waals surface area contributed by atoms with Crippen LogP contribution in [0.3, 0.4) is 0 Å². The largest absolute Gasteiger partial charge is 0.294 e. The van der Waals surface area contributed by atoms with Gasteiger partial charge in [0.15, 0.2) is 5.78 Å². The zero-order chi connectivity index (χ0) is 12.3. The molecule has 17 heavy (non-hydrogen) atoms. The van der Waals surface area contributed by atoms with E-state index < -0.39 is 0 Å². The van der Waals surface area contributed by atoms with Crippen LogP contribution in [0.25, 0.3) is 0 Å². The van der Waals surface area contributed by atoms with Crippen molar-refractivity contribution in [2.75, 3.05) is 0 Å². The second-order valence-electron chi connectivity index (χ2n) is 4.82. The van der Waals surface area contributed by atoms with Gasteiger partial charge < -0.3 is 0 Å². The third-order valence-corrected chi connectivity index (χ3v) is 3.69. The van der Waals surface area contributed by atoms with E-state index in [1.807, 2.05) is 6.07 Å². The third-order valence-electron chi connectivity index (χ3n) is 3.69. The van der Waals surface area contributed by atoms with Crippen molar-refractivity contribution in [1.82, 2.24) is 0 Å². The minimum absolute atomic E-state index is 0.0660. The average Bonchev–Trinajstić information content (AvgIpc) is 2.38. The maximum atomic E-state index is 13.8. The summed E-state index contributed by atoms with van der Waals surface area (Å²) in [4.78, 5) is 11.9. The first-order valence-corrected chi connectivity index (χ1v) is 6.55. The predicted octanol–water partition coefficient (Wildman–Crippen LogP) is 4.47. The molecule has 0 aliphatic heterocycles. The standard InChI is InChI=1S/C15H19FO/c1-2-14(17)15-12(9-6-10-13(15)16)11-7-4-3-5-8-11/h6,9-11H,2-5,7-8H2,1H3. The zero-order valence-corrected chi connectivity index (χ0v) is 10.3. The van der Waals surface area contributed by atoms with Crippen molar-refractivity contribution in [2.45, 2.75) is 51.4 Å². The Morgan fingerprint density at radius 1 is 1.29 bits per heavy atom. The Labute approximate surface area is 102 Å². The van der Waals surface area contributed by atoms with Crippen molar-refractivity contribution in [3.63, 3.8) is 0 Å². The molecule has 92 valence electrons. The fraction of sp³-hybridized carbons (Fsp3) is 0.533. The monoisotopic (exact) mass is 234 g/mol. The van der Waals surface area contributed by atoms with E-state index in [0.29, 0.717) is 17.9 Å². The average molecular weight is 234 g/mol. The minimum atomic E-state index is -0.347. The molecular formula is C15H19FO. The molecule has 0 bridgehead atoms. The van der Waals surface area contributed by atoms with Gasteiger partial charge in [0, 0.05) is 6.42 Å². The summed E-state index contributed by atoms with van der Waals surface area (Å²) in [5.74, 6) is -0.0338. The van der Waals surface area contributed by atoms with E-state index in [4.69, 9.17) is 0 Å². The van der Waals surface area contributed by atoms with Crippen molar-refractivity contribution in [1.29, 1.82) is 0 Å². The molecule has 0 unspecified atom stereocenters. The van der Waals surface area contributed by atoms with Crippen LogP contribution in [-0.4, -0.2) is 5.78 Å². The highest BCUT2D eigenvalue weighted by atomic mass is 19.1. The van der Waals surface area contributed by atoms with Gasteiger partial charge >= 0.3 is 0 Å². The Morgan fingerprint density at radius 2 is 2.00 bits per heavy atom. The number of rotatable bonds is 3.